The number of anilines is 2. The second kappa shape index (κ2) is 11.4. The Morgan fingerprint density at radius 3 is 2.66 bits per heavy atom. The number of ether oxygens (including phenoxy) is 1. The number of nitrogens with zero attached hydrogens (tertiary/aromatic N) is 4. The molecule has 0 aliphatic carbocycles. The Kier molecular flexibility index (Phi) is 7.94. The molecular weight excluding hydrogens is 504 g/mol. The number of aryl methyl sites for hydroxylation is 1. The van der Waals surface area contributed by atoms with Gasteiger partial charge >= 0.3 is 0 Å². The van der Waals surface area contributed by atoms with Crippen LogP contribution in [0.1, 0.15) is 36.9 Å². The minimum atomic E-state index is -1.13. The van der Waals surface area contributed by atoms with Crippen LogP contribution >= 0.6 is 0 Å². The Morgan fingerprint density at radius 2 is 1.95 bits per heavy atom. The fraction of sp³-hybridized carbons (Fsp3) is 0.556. The monoisotopic (exact) mass is 540 g/mol. The van der Waals surface area contributed by atoms with Crippen molar-refractivity contribution < 1.29 is 18.5 Å². The van der Waals surface area contributed by atoms with Gasteiger partial charge in [0.05, 0.1) is 16.5 Å². The summed E-state index contributed by atoms with van der Waals surface area (Å²) in [7, 11) is 2.21. The molecule has 2 atom stereocenters. The molecule has 10 nitrogen and oxygen atoms in total. The standard InChI is InChI=1S/C27H36N6O4S/c1-32-16-20(8-9-23(32)35)29-25-24-21(10-15-38(24)36)30-26(31-25)33-13-11-27(12-14-33,18-28-22(34)17-37-2)19-6-4-3-5-7-19/h3-7,20H,8-18H2,1-2H3,(H,28,34)(H,29,30,31)/t20-,38?/m0/s1. The van der Waals surface area contributed by atoms with E-state index in [4.69, 9.17) is 14.7 Å². The van der Waals surface area contributed by atoms with Crippen LogP contribution in [0.5, 0.6) is 0 Å². The van der Waals surface area contributed by atoms with Crippen molar-refractivity contribution in [2.75, 3.05) is 62.9 Å². The molecule has 0 spiro atoms. The third kappa shape index (κ3) is 5.54. The number of hydrogen-bond donors (Lipinski definition) is 2. The SMILES string of the molecule is COCC(=O)NCC1(c2ccccc2)CCN(c2nc3c(c(N[C@H]4CCC(=O)N(C)C4)n2)S(=O)CC3)CC1. The zero-order valence-electron chi connectivity index (χ0n) is 22.1. The smallest absolute Gasteiger partial charge is 0.246 e. The van der Waals surface area contributed by atoms with Crippen LogP contribution in [0.2, 0.25) is 0 Å². The minimum absolute atomic E-state index is 0.0437. The topological polar surface area (TPSA) is 117 Å². The van der Waals surface area contributed by atoms with Gasteiger partial charge in [0.2, 0.25) is 17.8 Å². The lowest BCUT2D eigenvalue weighted by Gasteiger charge is -2.42. The lowest BCUT2D eigenvalue weighted by molar-refractivity contribution is -0.132. The van der Waals surface area contributed by atoms with E-state index in [-0.39, 0.29) is 29.9 Å². The van der Waals surface area contributed by atoms with E-state index in [9.17, 15) is 13.8 Å². The maximum absolute atomic E-state index is 12.8. The number of piperidine rings is 2. The molecule has 2 saturated heterocycles. The van der Waals surface area contributed by atoms with Crippen molar-refractivity contribution >= 4 is 34.4 Å². The number of amides is 2. The highest BCUT2D eigenvalue weighted by Crippen LogP contribution is 2.37. The third-order valence-corrected chi connectivity index (χ3v) is 9.39. The van der Waals surface area contributed by atoms with Crippen LogP contribution in [0.3, 0.4) is 0 Å². The summed E-state index contributed by atoms with van der Waals surface area (Å²) < 4.78 is 17.8. The average Bonchev–Trinajstić information content (AvgIpc) is 3.31. The maximum atomic E-state index is 12.8. The van der Waals surface area contributed by atoms with Crippen LogP contribution in [-0.4, -0.2) is 89.6 Å². The molecule has 3 aliphatic heterocycles. The van der Waals surface area contributed by atoms with Gasteiger partial charge in [0.1, 0.15) is 17.3 Å². The first-order valence-electron chi connectivity index (χ1n) is 13.2. The van der Waals surface area contributed by atoms with Crippen molar-refractivity contribution in [1.82, 2.24) is 20.2 Å². The molecule has 204 valence electrons. The molecule has 2 aromatic rings. The van der Waals surface area contributed by atoms with Gasteiger partial charge in [-0.05, 0) is 24.8 Å². The summed E-state index contributed by atoms with van der Waals surface area (Å²) >= 11 is 0. The lowest BCUT2D eigenvalue weighted by atomic mass is 9.72. The van der Waals surface area contributed by atoms with Crippen LogP contribution in [-0.2, 0) is 37.0 Å². The molecule has 0 radical (unpaired) electrons. The highest BCUT2D eigenvalue weighted by atomic mass is 32.2. The number of likely N-dealkylation sites (N-methyl/N-ethyl adjacent to an activating group) is 1. The number of benzene rings is 1. The van der Waals surface area contributed by atoms with Crippen molar-refractivity contribution in [3.05, 3.63) is 41.6 Å². The number of aromatic nitrogens is 2. The molecule has 1 aromatic carbocycles. The zero-order chi connectivity index (χ0) is 26.7. The van der Waals surface area contributed by atoms with Crippen molar-refractivity contribution in [2.45, 2.75) is 48.5 Å². The van der Waals surface area contributed by atoms with Gasteiger partial charge in [0.25, 0.3) is 0 Å². The first-order valence-corrected chi connectivity index (χ1v) is 14.6. The summed E-state index contributed by atoms with van der Waals surface area (Å²) in [5, 5.41) is 6.57. The molecule has 11 heteroatoms. The Hall–Kier alpha value is -3.05. The number of likely N-dealkylation sites (tertiary alicyclic amines) is 1. The van der Waals surface area contributed by atoms with Gasteiger partial charge in [-0.25, -0.2) is 4.98 Å². The maximum Gasteiger partial charge on any atom is 0.246 e. The normalized spacial score (nSPS) is 22.7. The molecule has 0 saturated carbocycles. The van der Waals surface area contributed by atoms with Gasteiger partial charge < -0.3 is 25.2 Å². The number of methoxy groups -OCH3 is 1. The Labute approximate surface area is 226 Å². The third-order valence-electron chi connectivity index (χ3n) is 7.93. The zero-order valence-corrected chi connectivity index (χ0v) is 22.9. The number of rotatable bonds is 8. The van der Waals surface area contributed by atoms with E-state index in [2.05, 4.69) is 27.7 Å². The fourth-order valence-corrected chi connectivity index (χ4v) is 7.00. The second-order valence-electron chi connectivity index (χ2n) is 10.4. The first-order chi connectivity index (χ1) is 18.4. The fourth-order valence-electron chi connectivity index (χ4n) is 5.69. The predicted molar refractivity (Wildman–Crippen MR) is 146 cm³/mol. The highest BCUT2D eigenvalue weighted by Gasteiger charge is 2.38. The number of hydrogen-bond acceptors (Lipinski definition) is 8. The van der Waals surface area contributed by atoms with Crippen LogP contribution in [0.25, 0.3) is 0 Å². The molecule has 2 amide bonds. The van der Waals surface area contributed by atoms with E-state index in [1.807, 2.05) is 25.2 Å². The molecular formula is C27H36N6O4S. The van der Waals surface area contributed by atoms with Crippen molar-refractivity contribution in [3.8, 4) is 0 Å². The highest BCUT2D eigenvalue weighted by molar-refractivity contribution is 7.85. The van der Waals surface area contributed by atoms with Crippen molar-refractivity contribution in [2.24, 2.45) is 0 Å². The molecule has 2 fully saturated rings. The number of nitrogens with one attached hydrogen (secondary N) is 2. The molecule has 5 rings (SSSR count). The van der Waals surface area contributed by atoms with E-state index in [0.29, 0.717) is 48.3 Å². The van der Waals surface area contributed by atoms with Gasteiger partial charge in [-0.1, -0.05) is 30.3 Å². The van der Waals surface area contributed by atoms with Gasteiger partial charge in [-0.15, -0.1) is 0 Å². The van der Waals surface area contributed by atoms with E-state index < -0.39 is 10.8 Å². The number of carbonyl (C=O) groups excluding carboxylic acids is 2. The largest absolute Gasteiger partial charge is 0.375 e. The number of carbonyl (C=O) groups is 2. The quantitative estimate of drug-likeness (QED) is 0.517. The van der Waals surface area contributed by atoms with E-state index in [1.54, 1.807) is 4.90 Å². The average molecular weight is 541 g/mol. The Balaban J connectivity index is 1.36. The lowest BCUT2D eigenvalue weighted by Crippen LogP contribution is -2.50. The molecule has 1 aromatic heterocycles. The molecule has 4 heterocycles. The van der Waals surface area contributed by atoms with Crippen LogP contribution in [0.15, 0.2) is 35.2 Å². The Morgan fingerprint density at radius 1 is 1.18 bits per heavy atom. The summed E-state index contributed by atoms with van der Waals surface area (Å²) in [6, 6.07) is 10.4. The Bertz CT molecular complexity index is 1200. The minimum Gasteiger partial charge on any atom is -0.375 e. The summed E-state index contributed by atoms with van der Waals surface area (Å²) in [6.45, 7) is 2.64. The summed E-state index contributed by atoms with van der Waals surface area (Å²) in [5.74, 6) is 1.87. The van der Waals surface area contributed by atoms with E-state index in [1.165, 1.54) is 12.7 Å². The van der Waals surface area contributed by atoms with E-state index in [0.717, 1.165) is 38.0 Å². The van der Waals surface area contributed by atoms with Gasteiger partial charge in [0.15, 0.2) is 0 Å². The van der Waals surface area contributed by atoms with Crippen molar-refractivity contribution in [3.63, 3.8) is 0 Å². The van der Waals surface area contributed by atoms with Crippen LogP contribution < -0.4 is 15.5 Å². The summed E-state index contributed by atoms with van der Waals surface area (Å²) in [4.78, 5) is 38.5. The second-order valence-corrected chi connectivity index (χ2v) is 12.0. The van der Waals surface area contributed by atoms with Crippen LogP contribution in [0.4, 0.5) is 11.8 Å². The predicted octanol–water partition coefficient (Wildman–Crippen LogP) is 1.47. The van der Waals surface area contributed by atoms with E-state index >= 15 is 0 Å². The summed E-state index contributed by atoms with van der Waals surface area (Å²) in [6.07, 6.45) is 3.54. The molecule has 1 unspecified atom stereocenters. The van der Waals surface area contributed by atoms with Gasteiger partial charge in [0, 0.05) is 70.4 Å². The van der Waals surface area contributed by atoms with Crippen LogP contribution in [0, 0.1) is 0 Å². The molecule has 0 bridgehead atoms. The molecule has 38 heavy (non-hydrogen) atoms. The molecule has 3 aliphatic rings. The molecule has 2 N–H and O–H groups in total. The van der Waals surface area contributed by atoms with Gasteiger partial charge in [-0.3, -0.25) is 13.8 Å². The van der Waals surface area contributed by atoms with Gasteiger partial charge in [-0.2, -0.15) is 4.98 Å². The summed E-state index contributed by atoms with van der Waals surface area (Å²) in [5.41, 5.74) is 1.86. The first kappa shape index (κ1) is 26.6. The number of fused-ring (bicyclic) bond motifs is 1. The van der Waals surface area contributed by atoms with Crippen molar-refractivity contribution in [1.29, 1.82) is 0 Å².